The van der Waals surface area contributed by atoms with E-state index in [4.69, 9.17) is 14.2 Å². The van der Waals surface area contributed by atoms with Gasteiger partial charge >= 0.3 is 0 Å². The number of pyridine rings is 2. The Kier molecular flexibility index (Phi) is 5.20. The van der Waals surface area contributed by atoms with Crippen molar-refractivity contribution in [1.82, 2.24) is 29.8 Å². The van der Waals surface area contributed by atoms with Crippen molar-refractivity contribution in [2.75, 3.05) is 13.7 Å². The Bertz CT molecular complexity index is 1380. The highest BCUT2D eigenvalue weighted by Crippen LogP contribution is 2.27. The highest BCUT2D eigenvalue weighted by atomic mass is 16.5. The predicted octanol–water partition coefficient (Wildman–Crippen LogP) is 3.72. The number of nitrogens with zero attached hydrogens (tertiary/aromatic N) is 6. The van der Waals surface area contributed by atoms with Crippen molar-refractivity contribution in [3.05, 3.63) is 66.7 Å². The Morgan fingerprint density at radius 3 is 2.69 bits per heavy atom. The molecule has 0 fully saturated rings. The fourth-order valence-electron chi connectivity index (χ4n) is 3.34. The monoisotopic (exact) mass is 428 g/mol. The summed E-state index contributed by atoms with van der Waals surface area (Å²) in [7, 11) is 1.63. The lowest BCUT2D eigenvalue weighted by Gasteiger charge is -2.09. The van der Waals surface area contributed by atoms with Crippen LogP contribution in [-0.2, 0) is 6.61 Å². The first-order valence-corrected chi connectivity index (χ1v) is 10.1. The molecule has 0 unspecified atom stereocenters. The van der Waals surface area contributed by atoms with E-state index in [0.717, 1.165) is 27.9 Å². The van der Waals surface area contributed by atoms with Gasteiger partial charge in [0.25, 0.3) is 0 Å². The molecule has 0 bridgehead atoms. The lowest BCUT2D eigenvalue weighted by molar-refractivity contribution is 0.296. The number of benzene rings is 1. The van der Waals surface area contributed by atoms with Gasteiger partial charge in [0.1, 0.15) is 18.1 Å². The highest BCUT2D eigenvalue weighted by Gasteiger charge is 2.12. The number of rotatable bonds is 7. The molecular formula is C23H20N6O3. The summed E-state index contributed by atoms with van der Waals surface area (Å²) in [6.07, 6.45) is 3.44. The topological polar surface area (TPSA) is 96.6 Å². The second kappa shape index (κ2) is 8.46. The average molecular weight is 428 g/mol. The van der Waals surface area contributed by atoms with Crippen LogP contribution >= 0.6 is 0 Å². The molecule has 0 atom stereocenters. The first kappa shape index (κ1) is 19.7. The van der Waals surface area contributed by atoms with Gasteiger partial charge in [-0.2, -0.15) is 9.61 Å². The highest BCUT2D eigenvalue weighted by molar-refractivity contribution is 5.85. The van der Waals surface area contributed by atoms with Crippen LogP contribution in [0.1, 0.15) is 12.7 Å². The fraction of sp³-hybridized carbons (Fsp3) is 0.174. The van der Waals surface area contributed by atoms with Gasteiger partial charge < -0.3 is 14.2 Å². The molecule has 32 heavy (non-hydrogen) atoms. The van der Waals surface area contributed by atoms with E-state index >= 15 is 0 Å². The Labute approximate surface area is 183 Å². The summed E-state index contributed by atoms with van der Waals surface area (Å²) in [6.45, 7) is 2.69. The number of hydrogen-bond donors (Lipinski definition) is 0. The van der Waals surface area contributed by atoms with Gasteiger partial charge in [0.15, 0.2) is 11.5 Å². The number of fused-ring (bicyclic) bond motifs is 2. The second-order valence-electron chi connectivity index (χ2n) is 6.90. The second-order valence-corrected chi connectivity index (χ2v) is 6.90. The van der Waals surface area contributed by atoms with Gasteiger partial charge in [-0.3, -0.25) is 4.98 Å². The molecule has 0 radical (unpaired) electrons. The molecule has 0 aliphatic rings. The summed E-state index contributed by atoms with van der Waals surface area (Å²) in [5.41, 5.74) is 3.03. The van der Waals surface area contributed by atoms with E-state index < -0.39 is 0 Å². The molecule has 0 aliphatic heterocycles. The minimum absolute atomic E-state index is 0.199. The molecule has 0 spiro atoms. The van der Waals surface area contributed by atoms with E-state index in [1.54, 1.807) is 24.0 Å². The number of methoxy groups -OCH3 is 1. The fourth-order valence-corrected chi connectivity index (χ4v) is 3.34. The smallest absolute Gasteiger partial charge is 0.213 e. The molecular weight excluding hydrogens is 408 g/mol. The van der Waals surface area contributed by atoms with Crippen molar-refractivity contribution in [3.8, 4) is 28.6 Å². The molecule has 9 nitrogen and oxygen atoms in total. The van der Waals surface area contributed by atoms with Gasteiger partial charge in [-0.1, -0.05) is 0 Å². The van der Waals surface area contributed by atoms with Crippen LogP contribution in [0.15, 0.2) is 60.9 Å². The maximum absolute atomic E-state index is 6.06. The SMILES string of the molecule is CCOc1ccc(-c2ccc3nnc(COc4ccnc5cc(OC)ccc45)n3n2)cn1. The summed E-state index contributed by atoms with van der Waals surface area (Å²) in [6, 6.07) is 15.0. The summed E-state index contributed by atoms with van der Waals surface area (Å²) >= 11 is 0. The number of ether oxygens (including phenoxy) is 3. The molecule has 5 aromatic rings. The minimum atomic E-state index is 0.199. The van der Waals surface area contributed by atoms with Crippen LogP contribution in [0.4, 0.5) is 0 Å². The quantitative estimate of drug-likeness (QED) is 0.387. The zero-order valence-electron chi connectivity index (χ0n) is 17.6. The van der Waals surface area contributed by atoms with Crippen molar-refractivity contribution >= 4 is 16.6 Å². The van der Waals surface area contributed by atoms with E-state index in [2.05, 4.69) is 25.3 Å². The maximum atomic E-state index is 6.06. The maximum Gasteiger partial charge on any atom is 0.213 e. The summed E-state index contributed by atoms with van der Waals surface area (Å²) < 4.78 is 18.4. The van der Waals surface area contributed by atoms with E-state index in [0.29, 0.717) is 29.7 Å². The van der Waals surface area contributed by atoms with Crippen molar-refractivity contribution in [2.45, 2.75) is 13.5 Å². The van der Waals surface area contributed by atoms with Crippen LogP contribution in [0.25, 0.3) is 27.8 Å². The molecule has 160 valence electrons. The molecule has 9 heteroatoms. The number of aromatic nitrogens is 6. The first-order chi connectivity index (χ1) is 15.7. The van der Waals surface area contributed by atoms with Crippen LogP contribution < -0.4 is 14.2 Å². The normalized spacial score (nSPS) is 11.1. The van der Waals surface area contributed by atoms with Crippen LogP contribution in [0.3, 0.4) is 0 Å². The van der Waals surface area contributed by atoms with Gasteiger partial charge in [0.05, 0.1) is 24.9 Å². The Hall–Kier alpha value is -4.27. The van der Waals surface area contributed by atoms with E-state index in [1.807, 2.05) is 55.5 Å². The van der Waals surface area contributed by atoms with Crippen LogP contribution in [0.2, 0.25) is 0 Å². The lowest BCUT2D eigenvalue weighted by Crippen LogP contribution is -2.05. The molecule has 4 aromatic heterocycles. The van der Waals surface area contributed by atoms with Gasteiger partial charge in [-0.15, -0.1) is 10.2 Å². The molecule has 0 N–H and O–H groups in total. The molecule has 0 saturated heterocycles. The first-order valence-electron chi connectivity index (χ1n) is 10.1. The number of hydrogen-bond acceptors (Lipinski definition) is 8. The molecule has 4 heterocycles. The molecule has 5 rings (SSSR count). The van der Waals surface area contributed by atoms with Gasteiger partial charge in [-0.05, 0) is 43.3 Å². The largest absolute Gasteiger partial charge is 0.497 e. The van der Waals surface area contributed by atoms with Crippen molar-refractivity contribution in [3.63, 3.8) is 0 Å². The van der Waals surface area contributed by atoms with Crippen LogP contribution in [0, 0.1) is 0 Å². The zero-order chi connectivity index (χ0) is 21.9. The van der Waals surface area contributed by atoms with Crippen LogP contribution in [-0.4, -0.2) is 43.5 Å². The predicted molar refractivity (Wildman–Crippen MR) is 118 cm³/mol. The Balaban J connectivity index is 1.41. The molecule has 0 aliphatic carbocycles. The van der Waals surface area contributed by atoms with Gasteiger partial charge in [0.2, 0.25) is 5.88 Å². The lowest BCUT2D eigenvalue weighted by atomic mass is 10.2. The third kappa shape index (κ3) is 3.76. The van der Waals surface area contributed by atoms with Gasteiger partial charge in [0, 0.05) is 35.5 Å². The zero-order valence-corrected chi connectivity index (χ0v) is 17.6. The average Bonchev–Trinajstić information content (AvgIpc) is 3.25. The molecule has 0 amide bonds. The standard InChI is InChI=1S/C23H20N6O3/c1-3-31-23-9-4-15(13-25-23)18-7-8-21-26-27-22(29(21)28-18)14-32-20-10-11-24-19-12-16(30-2)5-6-17(19)20/h4-13H,3,14H2,1-2H3. The van der Waals surface area contributed by atoms with Gasteiger partial charge in [-0.25, -0.2) is 4.98 Å². The van der Waals surface area contributed by atoms with E-state index in [1.165, 1.54) is 0 Å². The summed E-state index contributed by atoms with van der Waals surface area (Å²) in [5, 5.41) is 14.0. The van der Waals surface area contributed by atoms with Crippen molar-refractivity contribution in [1.29, 1.82) is 0 Å². The van der Waals surface area contributed by atoms with Crippen LogP contribution in [0.5, 0.6) is 17.4 Å². The third-order valence-corrected chi connectivity index (χ3v) is 4.92. The summed E-state index contributed by atoms with van der Waals surface area (Å²) in [5.74, 6) is 2.60. The Morgan fingerprint density at radius 2 is 1.88 bits per heavy atom. The Morgan fingerprint density at radius 1 is 0.938 bits per heavy atom. The molecule has 1 aromatic carbocycles. The van der Waals surface area contributed by atoms with Crippen molar-refractivity contribution in [2.24, 2.45) is 0 Å². The summed E-state index contributed by atoms with van der Waals surface area (Å²) in [4.78, 5) is 8.70. The minimum Gasteiger partial charge on any atom is -0.497 e. The van der Waals surface area contributed by atoms with Crippen molar-refractivity contribution < 1.29 is 14.2 Å². The molecule has 0 saturated carbocycles. The van der Waals surface area contributed by atoms with E-state index in [-0.39, 0.29) is 6.61 Å². The van der Waals surface area contributed by atoms with E-state index in [9.17, 15) is 0 Å². The third-order valence-electron chi connectivity index (χ3n) is 4.92.